The van der Waals surface area contributed by atoms with Gasteiger partial charge >= 0.3 is 5.97 Å². The Morgan fingerprint density at radius 1 is 0.905 bits per heavy atom. The van der Waals surface area contributed by atoms with E-state index < -0.39 is 5.97 Å². The summed E-state index contributed by atoms with van der Waals surface area (Å²) in [6, 6.07) is 20.5. The van der Waals surface area contributed by atoms with E-state index >= 15 is 0 Å². The molecule has 3 heterocycles. The molecule has 9 heteroatoms. The second-order valence-electron chi connectivity index (χ2n) is 11.0. The second-order valence-corrected chi connectivity index (χ2v) is 11.0. The van der Waals surface area contributed by atoms with E-state index in [1.165, 1.54) is 4.90 Å². The quantitative estimate of drug-likeness (QED) is 0.334. The van der Waals surface area contributed by atoms with Gasteiger partial charge in [-0.2, -0.15) is 0 Å². The standard InChI is InChI=1S/C33H33N5O4/c1-21-17-24(33(41)42)19-27-29(21)30(32(40)36(27)3)31(22-7-5-4-6-8-22)34-25-9-10-26-23(18-25)11-12-38(26)28(39)20-37-15-13-35(2)14-16-37/h4-12,17-19,34H,13-16,20H2,1-3H3,(H,41,42)/b31-30-. The van der Waals surface area contributed by atoms with Crippen molar-refractivity contribution in [1.29, 1.82) is 0 Å². The van der Waals surface area contributed by atoms with Crippen LogP contribution in [0.1, 0.15) is 31.8 Å². The molecule has 4 aromatic rings. The van der Waals surface area contributed by atoms with Gasteiger partial charge in [-0.15, -0.1) is 0 Å². The lowest BCUT2D eigenvalue weighted by Crippen LogP contribution is -2.46. The summed E-state index contributed by atoms with van der Waals surface area (Å²) in [5.41, 5.74) is 5.64. The predicted octanol–water partition coefficient (Wildman–Crippen LogP) is 4.49. The van der Waals surface area contributed by atoms with Gasteiger partial charge in [-0.25, -0.2) is 4.79 Å². The molecule has 0 aliphatic carbocycles. The fourth-order valence-corrected chi connectivity index (χ4v) is 5.84. The Balaban J connectivity index is 1.37. The summed E-state index contributed by atoms with van der Waals surface area (Å²) in [6.45, 7) is 5.86. The fraction of sp³-hybridized carbons (Fsp3) is 0.242. The van der Waals surface area contributed by atoms with Gasteiger partial charge in [0.2, 0.25) is 5.91 Å². The number of amides is 1. The third-order valence-corrected chi connectivity index (χ3v) is 8.19. The van der Waals surface area contributed by atoms with E-state index in [9.17, 15) is 19.5 Å². The number of hydrogen-bond acceptors (Lipinski definition) is 6. The molecule has 0 unspecified atom stereocenters. The molecule has 0 atom stereocenters. The fourth-order valence-electron chi connectivity index (χ4n) is 5.84. The van der Waals surface area contributed by atoms with Crippen molar-refractivity contribution in [2.24, 2.45) is 0 Å². The minimum absolute atomic E-state index is 0.0368. The van der Waals surface area contributed by atoms with Gasteiger partial charge in [0.05, 0.1) is 34.6 Å². The van der Waals surface area contributed by atoms with Crippen LogP contribution in [-0.2, 0) is 4.79 Å². The van der Waals surface area contributed by atoms with E-state index in [0.717, 1.165) is 48.3 Å². The zero-order valence-electron chi connectivity index (χ0n) is 23.9. The minimum atomic E-state index is -1.04. The average molecular weight is 564 g/mol. The first-order valence-electron chi connectivity index (χ1n) is 14.0. The number of carbonyl (C=O) groups excluding carboxylic acids is 2. The molecule has 214 valence electrons. The van der Waals surface area contributed by atoms with E-state index in [4.69, 9.17) is 0 Å². The molecule has 2 aliphatic heterocycles. The van der Waals surface area contributed by atoms with Crippen molar-refractivity contribution in [1.82, 2.24) is 14.4 Å². The highest BCUT2D eigenvalue weighted by molar-refractivity contribution is 6.38. The molecule has 0 bridgehead atoms. The largest absolute Gasteiger partial charge is 0.478 e. The van der Waals surface area contributed by atoms with Crippen LogP contribution in [0.3, 0.4) is 0 Å². The van der Waals surface area contributed by atoms with Crippen LogP contribution in [0.2, 0.25) is 0 Å². The summed E-state index contributed by atoms with van der Waals surface area (Å²) in [7, 11) is 3.76. The molecular formula is C33H33N5O4. The van der Waals surface area contributed by atoms with Crippen LogP contribution < -0.4 is 10.2 Å². The Kier molecular flexibility index (Phi) is 7.14. The van der Waals surface area contributed by atoms with Crippen molar-refractivity contribution in [2.75, 3.05) is 57.0 Å². The number of aromatic carboxylic acids is 1. The summed E-state index contributed by atoms with van der Waals surface area (Å²) < 4.78 is 1.71. The van der Waals surface area contributed by atoms with Crippen molar-refractivity contribution in [2.45, 2.75) is 6.92 Å². The van der Waals surface area contributed by atoms with E-state index in [2.05, 4.69) is 22.2 Å². The number of nitrogens with zero attached hydrogens (tertiary/aromatic N) is 4. The van der Waals surface area contributed by atoms with Gasteiger partial charge < -0.3 is 20.2 Å². The Labute approximate surface area is 244 Å². The van der Waals surface area contributed by atoms with Gasteiger partial charge in [0, 0.05) is 56.1 Å². The van der Waals surface area contributed by atoms with Gasteiger partial charge in [-0.1, -0.05) is 30.3 Å². The molecule has 0 saturated carbocycles. The number of likely N-dealkylation sites (N-methyl/N-ethyl adjacent to an activating group) is 2. The molecule has 2 N–H and O–H groups in total. The van der Waals surface area contributed by atoms with Gasteiger partial charge in [0.1, 0.15) is 0 Å². The summed E-state index contributed by atoms with van der Waals surface area (Å²) >= 11 is 0. The van der Waals surface area contributed by atoms with Gasteiger partial charge in [-0.3, -0.25) is 19.1 Å². The number of benzene rings is 3. The van der Waals surface area contributed by atoms with E-state index in [1.807, 2.05) is 67.7 Å². The number of hydrogen-bond donors (Lipinski definition) is 2. The van der Waals surface area contributed by atoms with E-state index in [1.54, 1.807) is 23.7 Å². The maximum absolute atomic E-state index is 13.7. The summed E-state index contributed by atoms with van der Waals surface area (Å²) in [5, 5.41) is 14.0. The number of carboxylic acid groups (broad SMARTS) is 1. The lowest BCUT2D eigenvalue weighted by atomic mass is 9.95. The number of carbonyl (C=O) groups is 3. The highest BCUT2D eigenvalue weighted by atomic mass is 16.4. The van der Waals surface area contributed by atoms with Crippen molar-refractivity contribution in [3.05, 3.63) is 95.2 Å². The third kappa shape index (κ3) is 4.97. The normalized spacial score (nSPS) is 17.0. The number of anilines is 2. The Hall–Kier alpha value is -4.73. The summed E-state index contributed by atoms with van der Waals surface area (Å²) in [4.78, 5) is 44.6. The minimum Gasteiger partial charge on any atom is -0.478 e. The van der Waals surface area contributed by atoms with E-state index in [-0.39, 0.29) is 17.4 Å². The first-order chi connectivity index (χ1) is 20.2. The zero-order valence-corrected chi connectivity index (χ0v) is 23.9. The maximum Gasteiger partial charge on any atom is 0.335 e. The topological polar surface area (TPSA) is 98.1 Å². The van der Waals surface area contributed by atoms with Crippen LogP contribution in [0.25, 0.3) is 22.2 Å². The number of piperazine rings is 1. The second kappa shape index (κ2) is 10.9. The number of aromatic nitrogens is 1. The van der Waals surface area contributed by atoms with Crippen molar-refractivity contribution in [3.8, 4) is 0 Å². The molecule has 6 rings (SSSR count). The lowest BCUT2D eigenvalue weighted by Gasteiger charge is -2.31. The first kappa shape index (κ1) is 27.4. The van der Waals surface area contributed by atoms with E-state index in [0.29, 0.717) is 34.6 Å². The molecule has 9 nitrogen and oxygen atoms in total. The molecule has 2 aliphatic rings. The molecule has 0 radical (unpaired) electrons. The number of nitrogens with one attached hydrogen (secondary N) is 1. The summed E-state index contributed by atoms with van der Waals surface area (Å²) in [6.07, 6.45) is 1.82. The molecule has 3 aromatic carbocycles. The Morgan fingerprint density at radius 3 is 2.36 bits per heavy atom. The highest BCUT2D eigenvalue weighted by Gasteiger charge is 2.35. The smallest absolute Gasteiger partial charge is 0.335 e. The molecule has 0 spiro atoms. The molecule has 42 heavy (non-hydrogen) atoms. The number of fused-ring (bicyclic) bond motifs is 2. The average Bonchev–Trinajstić information content (AvgIpc) is 3.52. The SMILES string of the molecule is Cc1cc(C(=O)O)cc2c1/C(=C(/Nc1ccc3c(ccn3C(=O)CN3CCN(C)CC3)c1)c1ccccc1)C(=O)N2C. The van der Waals surface area contributed by atoms with Crippen LogP contribution in [-0.4, -0.2) is 84.1 Å². The third-order valence-electron chi connectivity index (χ3n) is 8.19. The van der Waals surface area contributed by atoms with Crippen molar-refractivity contribution in [3.63, 3.8) is 0 Å². The number of rotatable bonds is 6. The van der Waals surface area contributed by atoms with Crippen molar-refractivity contribution >= 4 is 51.3 Å². The number of carboxylic acids is 1. The molecule has 1 amide bonds. The van der Waals surface area contributed by atoms with Crippen LogP contribution in [0.15, 0.2) is 72.9 Å². The van der Waals surface area contributed by atoms with Gasteiger partial charge in [-0.05, 0) is 61.5 Å². The van der Waals surface area contributed by atoms with Crippen LogP contribution >= 0.6 is 0 Å². The molecule has 1 fully saturated rings. The van der Waals surface area contributed by atoms with Crippen LogP contribution in [0.4, 0.5) is 11.4 Å². The zero-order chi connectivity index (χ0) is 29.5. The van der Waals surface area contributed by atoms with Crippen molar-refractivity contribution < 1.29 is 19.5 Å². The first-order valence-corrected chi connectivity index (χ1v) is 14.0. The van der Waals surface area contributed by atoms with Gasteiger partial charge in [0.25, 0.3) is 5.91 Å². The number of aryl methyl sites for hydroxylation is 1. The lowest BCUT2D eigenvalue weighted by molar-refractivity contribution is -0.112. The van der Waals surface area contributed by atoms with Crippen LogP contribution in [0, 0.1) is 6.92 Å². The predicted molar refractivity (Wildman–Crippen MR) is 165 cm³/mol. The van der Waals surface area contributed by atoms with Crippen LogP contribution in [0.5, 0.6) is 0 Å². The summed E-state index contributed by atoms with van der Waals surface area (Å²) in [5.74, 6) is -1.22. The molecule has 1 saturated heterocycles. The highest BCUT2D eigenvalue weighted by Crippen LogP contribution is 2.43. The molecule has 1 aromatic heterocycles. The Bertz CT molecular complexity index is 1750. The monoisotopic (exact) mass is 563 g/mol. The molecular weight excluding hydrogens is 530 g/mol. The van der Waals surface area contributed by atoms with Gasteiger partial charge in [0.15, 0.2) is 0 Å². The Morgan fingerprint density at radius 2 is 1.64 bits per heavy atom. The maximum atomic E-state index is 13.7.